The third kappa shape index (κ3) is 3.25. The van der Waals surface area contributed by atoms with Gasteiger partial charge in [0.1, 0.15) is 6.04 Å². The van der Waals surface area contributed by atoms with Crippen molar-refractivity contribution in [2.75, 3.05) is 13.7 Å². The largest absolute Gasteiger partial charge is 0.468 e. The number of carbonyl (C=O) groups excluding carboxylic acids is 1. The minimum Gasteiger partial charge on any atom is -0.468 e. The molecule has 0 heterocycles. The van der Waals surface area contributed by atoms with E-state index in [1.807, 2.05) is 0 Å². The zero-order chi connectivity index (χ0) is 8.69. The zero-order valence-corrected chi connectivity index (χ0v) is 6.26. The van der Waals surface area contributed by atoms with Crippen LogP contribution in [0.25, 0.3) is 0 Å². The monoisotopic (exact) mass is 144 g/mol. The Morgan fingerprint density at radius 3 is 3.30 bits per heavy atom. The van der Waals surface area contributed by atoms with Gasteiger partial charge in [-0.2, -0.15) is 0 Å². The molecule has 0 radical (unpaired) electrons. The van der Waals surface area contributed by atoms with Crippen molar-refractivity contribution < 1.29 is 10.9 Å². The molecule has 3 heteroatoms. The highest BCUT2D eigenvalue weighted by Crippen LogP contribution is 1.83. The van der Waals surface area contributed by atoms with Gasteiger partial charge in [-0.05, 0) is 6.92 Å². The number of methoxy groups -OCH3 is 1. The van der Waals surface area contributed by atoms with E-state index in [-0.39, 0.29) is 12.0 Å². The first-order valence-corrected chi connectivity index (χ1v) is 3.07. The van der Waals surface area contributed by atoms with Crippen molar-refractivity contribution >= 4 is 5.97 Å². The van der Waals surface area contributed by atoms with E-state index in [0.29, 0.717) is 6.54 Å². The van der Waals surface area contributed by atoms with Gasteiger partial charge in [0.15, 0.2) is 0 Å². The first-order chi connectivity index (χ1) is 5.22. The Balaban J connectivity index is 3.51. The van der Waals surface area contributed by atoms with Crippen molar-refractivity contribution in [1.29, 1.82) is 0 Å². The molecule has 0 unspecified atom stereocenters. The Morgan fingerprint density at radius 2 is 2.80 bits per heavy atom. The van der Waals surface area contributed by atoms with Gasteiger partial charge in [0.05, 0.1) is 8.48 Å². The molecule has 0 rings (SSSR count). The quantitative estimate of drug-likeness (QED) is 0.456. The van der Waals surface area contributed by atoms with E-state index >= 15 is 0 Å². The summed E-state index contributed by atoms with van der Waals surface area (Å²) in [6, 6.07) is -0.309. The number of rotatable bonds is 4. The average molecular weight is 144 g/mol. The van der Waals surface area contributed by atoms with Gasteiger partial charge < -0.3 is 10.1 Å². The lowest BCUT2D eigenvalue weighted by Crippen LogP contribution is -2.34. The smallest absolute Gasteiger partial charge is 0.322 e. The van der Waals surface area contributed by atoms with Crippen LogP contribution in [0.3, 0.4) is 0 Å². The van der Waals surface area contributed by atoms with Crippen molar-refractivity contribution in [2.45, 2.75) is 13.0 Å². The standard InChI is InChI=1S/C7H13NO2/c1-4-5-8-6(2)7(9)10-3/h4,6,8H,1,5H2,2-3H3/t6-/m0/s1/i1D. The van der Waals surface area contributed by atoms with Crippen molar-refractivity contribution in [3.05, 3.63) is 12.6 Å². The second kappa shape index (κ2) is 4.99. The molecule has 1 atom stereocenters. The Labute approximate surface area is 62.5 Å². The third-order valence-corrected chi connectivity index (χ3v) is 1.10. The van der Waals surface area contributed by atoms with Crippen molar-refractivity contribution in [2.24, 2.45) is 0 Å². The molecule has 0 aliphatic heterocycles. The molecule has 0 bridgehead atoms. The summed E-state index contributed by atoms with van der Waals surface area (Å²) in [6.45, 7) is 3.40. The van der Waals surface area contributed by atoms with E-state index in [4.69, 9.17) is 1.37 Å². The first-order valence-electron chi connectivity index (χ1n) is 3.64. The van der Waals surface area contributed by atoms with Gasteiger partial charge >= 0.3 is 5.97 Å². The SMILES string of the molecule is [2H]C=CCN[C@@H](C)C(=O)OC. The molecule has 0 saturated carbocycles. The van der Waals surface area contributed by atoms with E-state index < -0.39 is 0 Å². The lowest BCUT2D eigenvalue weighted by molar-refractivity contribution is -0.142. The van der Waals surface area contributed by atoms with Gasteiger partial charge in [0.25, 0.3) is 0 Å². The molecular formula is C7H13NO2. The van der Waals surface area contributed by atoms with E-state index in [2.05, 4.69) is 10.1 Å². The summed E-state index contributed by atoms with van der Waals surface area (Å²) in [5.74, 6) is -0.289. The number of hydrogen-bond donors (Lipinski definition) is 1. The number of nitrogens with one attached hydrogen (secondary N) is 1. The molecule has 3 nitrogen and oxygen atoms in total. The van der Waals surface area contributed by atoms with Crippen LogP contribution in [0.1, 0.15) is 8.29 Å². The van der Waals surface area contributed by atoms with Crippen molar-refractivity contribution in [3.63, 3.8) is 0 Å². The molecule has 10 heavy (non-hydrogen) atoms. The molecule has 0 aromatic heterocycles. The summed E-state index contributed by atoms with van der Waals surface area (Å²) in [5, 5.41) is 2.85. The van der Waals surface area contributed by atoms with Crippen LogP contribution in [0, 0.1) is 0 Å². The van der Waals surface area contributed by atoms with Crippen LogP contribution in [0.2, 0.25) is 0 Å². The molecule has 0 aromatic rings. The fourth-order valence-corrected chi connectivity index (χ4v) is 0.505. The van der Waals surface area contributed by atoms with Gasteiger partial charge in [-0.1, -0.05) is 6.08 Å². The number of carbonyl (C=O) groups is 1. The highest BCUT2D eigenvalue weighted by molar-refractivity contribution is 5.75. The molecule has 0 spiro atoms. The van der Waals surface area contributed by atoms with Crippen LogP contribution >= 0.6 is 0 Å². The molecule has 58 valence electrons. The lowest BCUT2D eigenvalue weighted by atomic mass is 10.3. The molecular weight excluding hydrogens is 130 g/mol. The van der Waals surface area contributed by atoms with Crippen LogP contribution in [-0.4, -0.2) is 25.7 Å². The van der Waals surface area contributed by atoms with Crippen LogP contribution < -0.4 is 5.32 Å². The van der Waals surface area contributed by atoms with Gasteiger partial charge in [-0.25, -0.2) is 0 Å². The summed E-state index contributed by atoms with van der Waals surface area (Å²) in [6.07, 6.45) is 1.61. The van der Waals surface area contributed by atoms with Crippen LogP contribution in [-0.2, 0) is 9.53 Å². The summed E-state index contributed by atoms with van der Waals surface area (Å²) >= 11 is 0. The molecule has 0 amide bonds. The number of hydrogen-bond acceptors (Lipinski definition) is 3. The molecule has 1 N–H and O–H groups in total. The minimum atomic E-state index is -0.309. The summed E-state index contributed by atoms with van der Waals surface area (Å²) in [7, 11) is 1.35. The molecule has 0 aliphatic carbocycles. The maximum atomic E-state index is 10.8. The van der Waals surface area contributed by atoms with Crippen LogP contribution in [0.5, 0.6) is 0 Å². The number of ether oxygens (including phenoxy) is 1. The molecule has 0 aromatic carbocycles. The highest BCUT2D eigenvalue weighted by atomic mass is 16.5. The average Bonchev–Trinajstić information content (AvgIpc) is 2.03. The highest BCUT2D eigenvalue weighted by Gasteiger charge is 2.09. The third-order valence-electron chi connectivity index (χ3n) is 1.10. The Morgan fingerprint density at radius 1 is 2.10 bits per heavy atom. The van der Waals surface area contributed by atoms with E-state index in [0.717, 1.165) is 0 Å². The maximum absolute atomic E-state index is 10.8. The molecule has 0 fully saturated rings. The van der Waals surface area contributed by atoms with Crippen LogP contribution in [0.4, 0.5) is 0 Å². The zero-order valence-electron chi connectivity index (χ0n) is 7.26. The van der Waals surface area contributed by atoms with E-state index in [1.165, 1.54) is 13.7 Å². The van der Waals surface area contributed by atoms with Gasteiger partial charge in [0, 0.05) is 6.54 Å². The minimum absolute atomic E-state index is 0.289. The predicted octanol–water partition coefficient (Wildman–Crippen LogP) is 0.323. The Bertz CT molecular complexity index is 147. The summed E-state index contributed by atoms with van der Waals surface area (Å²) < 4.78 is 11.1. The second-order valence-corrected chi connectivity index (χ2v) is 1.89. The first kappa shape index (κ1) is 7.28. The Hall–Kier alpha value is -0.830. The number of esters is 1. The van der Waals surface area contributed by atoms with Crippen LogP contribution in [0.15, 0.2) is 12.6 Å². The molecule has 0 aliphatic rings. The normalized spacial score (nSPS) is 14.8. The predicted molar refractivity (Wildman–Crippen MR) is 39.7 cm³/mol. The fourth-order valence-electron chi connectivity index (χ4n) is 0.505. The molecule has 0 saturated heterocycles. The van der Waals surface area contributed by atoms with E-state index in [1.54, 1.807) is 13.0 Å². The maximum Gasteiger partial charge on any atom is 0.322 e. The summed E-state index contributed by atoms with van der Waals surface area (Å²) in [5.41, 5.74) is 0. The van der Waals surface area contributed by atoms with E-state index in [9.17, 15) is 4.79 Å². The Kier molecular flexibility index (Phi) is 3.64. The second-order valence-electron chi connectivity index (χ2n) is 1.89. The van der Waals surface area contributed by atoms with Gasteiger partial charge in [0.2, 0.25) is 0 Å². The fraction of sp³-hybridized carbons (Fsp3) is 0.571. The van der Waals surface area contributed by atoms with Gasteiger partial charge in [-0.15, -0.1) is 6.55 Å². The lowest BCUT2D eigenvalue weighted by Gasteiger charge is -2.08. The van der Waals surface area contributed by atoms with Crippen molar-refractivity contribution in [3.8, 4) is 0 Å². The van der Waals surface area contributed by atoms with Crippen molar-refractivity contribution in [1.82, 2.24) is 5.32 Å². The summed E-state index contributed by atoms with van der Waals surface area (Å²) in [4.78, 5) is 10.8. The topological polar surface area (TPSA) is 38.3 Å². The van der Waals surface area contributed by atoms with Gasteiger partial charge in [-0.3, -0.25) is 4.79 Å².